The van der Waals surface area contributed by atoms with Crippen LogP contribution in [0, 0.1) is 11.6 Å². The third-order valence-electron chi connectivity index (χ3n) is 2.09. The molecule has 1 aromatic rings. The number of halogens is 2. The van der Waals surface area contributed by atoms with E-state index in [-0.39, 0.29) is 19.0 Å². The molecule has 0 aliphatic carbocycles. The van der Waals surface area contributed by atoms with Crippen molar-refractivity contribution in [2.45, 2.75) is 6.92 Å². The molecule has 0 heterocycles. The summed E-state index contributed by atoms with van der Waals surface area (Å²) >= 11 is 0. The van der Waals surface area contributed by atoms with Crippen LogP contribution in [0.2, 0.25) is 0 Å². The zero-order valence-electron chi connectivity index (χ0n) is 9.72. The fraction of sp³-hybridized carbons (Fsp3) is 0.273. The van der Waals surface area contributed by atoms with Crippen LogP contribution in [-0.4, -0.2) is 24.9 Å². The second-order valence-corrected chi connectivity index (χ2v) is 3.60. The van der Waals surface area contributed by atoms with E-state index < -0.39 is 28.8 Å². The van der Waals surface area contributed by atoms with E-state index in [0.29, 0.717) is 0 Å². The fourth-order valence-electron chi connectivity index (χ4n) is 1.29. The molecule has 7 heteroatoms. The lowest BCUT2D eigenvalue weighted by Crippen LogP contribution is -2.34. The highest BCUT2D eigenvalue weighted by Gasteiger charge is 2.15. The second kappa shape index (κ2) is 5.95. The number of carbonyl (C=O) groups is 2. The first-order valence-electron chi connectivity index (χ1n) is 5.19. The van der Waals surface area contributed by atoms with Gasteiger partial charge in [-0.1, -0.05) is 0 Å². The van der Waals surface area contributed by atoms with Gasteiger partial charge in [-0.2, -0.15) is 0 Å². The molecule has 0 bridgehead atoms. The number of hydrogen-bond donors (Lipinski definition) is 3. The van der Waals surface area contributed by atoms with Crippen molar-refractivity contribution in [2.24, 2.45) is 0 Å². The molecule has 0 atom stereocenters. The van der Waals surface area contributed by atoms with Gasteiger partial charge in [0.15, 0.2) is 5.82 Å². The largest absolute Gasteiger partial charge is 0.396 e. The number of benzene rings is 1. The van der Waals surface area contributed by atoms with Crippen molar-refractivity contribution in [1.82, 2.24) is 10.6 Å². The molecule has 0 aromatic heterocycles. The molecule has 2 amide bonds. The zero-order valence-corrected chi connectivity index (χ0v) is 9.72. The molecule has 5 nitrogen and oxygen atoms in total. The number of nitrogens with two attached hydrogens (primary N) is 1. The van der Waals surface area contributed by atoms with Gasteiger partial charge in [0.2, 0.25) is 5.91 Å². The fourth-order valence-corrected chi connectivity index (χ4v) is 1.29. The quantitative estimate of drug-likeness (QED) is 0.539. The molecule has 0 aliphatic heterocycles. The maximum absolute atomic E-state index is 13.4. The summed E-state index contributed by atoms with van der Waals surface area (Å²) in [6.45, 7) is 1.64. The lowest BCUT2D eigenvalue weighted by molar-refractivity contribution is -0.118. The van der Waals surface area contributed by atoms with E-state index in [9.17, 15) is 18.4 Å². The van der Waals surface area contributed by atoms with Gasteiger partial charge in [-0.05, 0) is 12.1 Å². The van der Waals surface area contributed by atoms with Crippen LogP contribution in [0.5, 0.6) is 0 Å². The summed E-state index contributed by atoms with van der Waals surface area (Å²) in [7, 11) is 0. The van der Waals surface area contributed by atoms with Gasteiger partial charge in [0.25, 0.3) is 5.91 Å². The Kier molecular flexibility index (Phi) is 4.59. The van der Waals surface area contributed by atoms with Gasteiger partial charge < -0.3 is 16.4 Å². The van der Waals surface area contributed by atoms with Gasteiger partial charge in [-0.15, -0.1) is 0 Å². The van der Waals surface area contributed by atoms with Crippen molar-refractivity contribution in [3.05, 3.63) is 29.3 Å². The Labute approximate surface area is 102 Å². The predicted molar refractivity (Wildman–Crippen MR) is 61.8 cm³/mol. The summed E-state index contributed by atoms with van der Waals surface area (Å²) in [4.78, 5) is 22.1. The second-order valence-electron chi connectivity index (χ2n) is 3.60. The average Bonchev–Trinajstić information content (AvgIpc) is 2.28. The number of amides is 2. The van der Waals surface area contributed by atoms with Crippen molar-refractivity contribution >= 4 is 17.5 Å². The van der Waals surface area contributed by atoms with Crippen LogP contribution >= 0.6 is 0 Å². The lowest BCUT2D eigenvalue weighted by Gasteiger charge is -2.08. The third kappa shape index (κ3) is 3.69. The highest BCUT2D eigenvalue weighted by Crippen LogP contribution is 2.17. The smallest absolute Gasteiger partial charge is 0.254 e. The van der Waals surface area contributed by atoms with Crippen LogP contribution in [-0.2, 0) is 4.79 Å². The first-order chi connectivity index (χ1) is 8.41. The van der Waals surface area contributed by atoms with Gasteiger partial charge in [0.05, 0.1) is 11.3 Å². The Morgan fingerprint density at radius 3 is 2.44 bits per heavy atom. The highest BCUT2D eigenvalue weighted by molar-refractivity contribution is 5.95. The van der Waals surface area contributed by atoms with Crippen molar-refractivity contribution in [3.8, 4) is 0 Å². The molecule has 0 fully saturated rings. The summed E-state index contributed by atoms with van der Waals surface area (Å²) in [5, 5.41) is 4.78. The van der Waals surface area contributed by atoms with E-state index in [1.54, 1.807) is 0 Å². The molecule has 0 unspecified atom stereocenters. The van der Waals surface area contributed by atoms with Crippen LogP contribution < -0.4 is 16.4 Å². The Balaban J connectivity index is 2.64. The zero-order chi connectivity index (χ0) is 13.7. The van der Waals surface area contributed by atoms with Crippen molar-refractivity contribution in [3.63, 3.8) is 0 Å². The predicted octanol–water partition coefficient (Wildman–Crippen LogP) is 0.413. The molecular weight excluding hydrogens is 244 g/mol. The minimum absolute atomic E-state index is 0.105. The van der Waals surface area contributed by atoms with E-state index in [4.69, 9.17) is 5.73 Å². The molecule has 1 rings (SSSR count). The Morgan fingerprint density at radius 1 is 1.22 bits per heavy atom. The third-order valence-corrected chi connectivity index (χ3v) is 2.09. The van der Waals surface area contributed by atoms with Crippen LogP contribution in [0.1, 0.15) is 17.3 Å². The molecule has 1 aromatic carbocycles. The number of nitrogens with one attached hydrogen (secondary N) is 2. The SMILES string of the molecule is CC(=O)NCCNC(=O)c1cc(F)cc(N)c1F. The molecular formula is C11H13F2N3O2. The normalized spacial score (nSPS) is 9.94. The minimum Gasteiger partial charge on any atom is -0.396 e. The van der Waals surface area contributed by atoms with Crippen molar-refractivity contribution in [1.29, 1.82) is 0 Å². The number of carbonyl (C=O) groups excluding carboxylic acids is 2. The highest BCUT2D eigenvalue weighted by atomic mass is 19.1. The van der Waals surface area contributed by atoms with Crippen LogP contribution in [0.15, 0.2) is 12.1 Å². The molecule has 0 saturated heterocycles. The molecule has 98 valence electrons. The first-order valence-corrected chi connectivity index (χ1v) is 5.19. The Hall–Kier alpha value is -2.18. The summed E-state index contributed by atoms with van der Waals surface area (Å²) < 4.78 is 26.4. The summed E-state index contributed by atoms with van der Waals surface area (Å²) in [6.07, 6.45) is 0. The maximum Gasteiger partial charge on any atom is 0.254 e. The topological polar surface area (TPSA) is 84.2 Å². The monoisotopic (exact) mass is 257 g/mol. The van der Waals surface area contributed by atoms with Crippen molar-refractivity contribution < 1.29 is 18.4 Å². The van der Waals surface area contributed by atoms with Gasteiger partial charge >= 0.3 is 0 Å². The number of nitrogen functional groups attached to an aromatic ring is 1. The molecule has 0 spiro atoms. The van der Waals surface area contributed by atoms with Crippen LogP contribution in [0.3, 0.4) is 0 Å². The van der Waals surface area contributed by atoms with Gasteiger partial charge in [0.1, 0.15) is 5.82 Å². The summed E-state index contributed by atoms with van der Waals surface area (Å²) in [5.41, 5.74) is 4.31. The van der Waals surface area contributed by atoms with Crippen LogP contribution in [0.25, 0.3) is 0 Å². The number of hydrogen-bond acceptors (Lipinski definition) is 3. The molecule has 4 N–H and O–H groups in total. The average molecular weight is 257 g/mol. The lowest BCUT2D eigenvalue weighted by atomic mass is 10.1. The summed E-state index contributed by atoms with van der Waals surface area (Å²) in [5.74, 6) is -2.79. The number of anilines is 1. The van der Waals surface area contributed by atoms with Gasteiger partial charge in [-0.25, -0.2) is 8.78 Å². The Bertz CT molecular complexity index is 478. The molecule has 0 radical (unpaired) electrons. The minimum atomic E-state index is -0.964. The Morgan fingerprint density at radius 2 is 1.83 bits per heavy atom. The molecule has 0 saturated carbocycles. The summed E-state index contributed by atoms with van der Waals surface area (Å²) in [6, 6.07) is 1.56. The van der Waals surface area contributed by atoms with Crippen LogP contribution in [0.4, 0.5) is 14.5 Å². The van der Waals surface area contributed by atoms with Gasteiger partial charge in [0, 0.05) is 20.0 Å². The van der Waals surface area contributed by atoms with Gasteiger partial charge in [-0.3, -0.25) is 9.59 Å². The van der Waals surface area contributed by atoms with E-state index in [2.05, 4.69) is 10.6 Å². The van der Waals surface area contributed by atoms with E-state index in [1.807, 2.05) is 0 Å². The number of rotatable bonds is 4. The first kappa shape index (κ1) is 13.9. The molecule has 0 aliphatic rings. The van der Waals surface area contributed by atoms with E-state index in [0.717, 1.165) is 12.1 Å². The van der Waals surface area contributed by atoms with Crippen molar-refractivity contribution in [2.75, 3.05) is 18.8 Å². The maximum atomic E-state index is 13.4. The standard InChI is InChI=1S/C11H13F2N3O2/c1-6(17)15-2-3-16-11(18)8-4-7(12)5-9(14)10(8)13/h4-5H,2-3,14H2,1H3,(H,15,17)(H,16,18). The van der Waals surface area contributed by atoms with E-state index >= 15 is 0 Å². The molecule has 18 heavy (non-hydrogen) atoms. The van der Waals surface area contributed by atoms with E-state index in [1.165, 1.54) is 6.92 Å².